The molecule has 0 heterocycles. The smallest absolute Gasteiger partial charge is 0.0802 e. The summed E-state index contributed by atoms with van der Waals surface area (Å²) < 4.78 is 0. The molecular weight excluding hydrogens is 176 g/mol. The van der Waals surface area contributed by atoms with Gasteiger partial charge in [-0.25, -0.2) is 0 Å². The average molecular weight is 196 g/mol. The van der Waals surface area contributed by atoms with E-state index in [1.165, 1.54) is 0 Å². The Kier molecular flexibility index (Phi) is 5.57. The monoisotopic (exact) mass is 196 g/mol. The van der Waals surface area contributed by atoms with E-state index in [-0.39, 0.29) is 0 Å². The van der Waals surface area contributed by atoms with Crippen LogP contribution in [0.2, 0.25) is 0 Å². The molecule has 14 heavy (non-hydrogen) atoms. The molecule has 1 aliphatic rings. The lowest BCUT2D eigenvalue weighted by atomic mass is 10.0. The van der Waals surface area contributed by atoms with Gasteiger partial charge in [-0.1, -0.05) is 24.3 Å². The summed E-state index contributed by atoms with van der Waals surface area (Å²) in [5.74, 6) is 0. The molecule has 0 spiro atoms. The van der Waals surface area contributed by atoms with Crippen LogP contribution in [0.5, 0.6) is 0 Å². The van der Waals surface area contributed by atoms with Crippen molar-refractivity contribution in [3.05, 3.63) is 24.3 Å². The first-order valence-corrected chi connectivity index (χ1v) is 5.47. The van der Waals surface area contributed by atoms with Crippen LogP contribution in [0.1, 0.15) is 38.5 Å². The molecule has 0 fully saturated rings. The summed E-state index contributed by atoms with van der Waals surface area (Å²) in [6.45, 7) is 0. The highest BCUT2D eigenvalue weighted by atomic mass is 16.3. The number of rotatable bonds is 0. The number of aliphatic hydroxyl groups excluding tert-OH is 2. The fourth-order valence-corrected chi connectivity index (χ4v) is 1.58. The van der Waals surface area contributed by atoms with Gasteiger partial charge in [-0.2, -0.15) is 0 Å². The van der Waals surface area contributed by atoms with E-state index in [9.17, 15) is 10.2 Å². The quantitative estimate of drug-likeness (QED) is 0.583. The first-order valence-electron chi connectivity index (χ1n) is 5.47. The van der Waals surface area contributed by atoms with E-state index in [1.54, 1.807) is 0 Å². The molecule has 2 nitrogen and oxygen atoms in total. The minimum absolute atomic E-state index is 0.563. The molecule has 0 saturated heterocycles. The Labute approximate surface area is 86.0 Å². The Morgan fingerprint density at radius 3 is 1.43 bits per heavy atom. The molecule has 0 amide bonds. The summed E-state index contributed by atoms with van der Waals surface area (Å²) in [6, 6.07) is 0. The lowest BCUT2D eigenvalue weighted by Crippen LogP contribution is -2.25. The van der Waals surface area contributed by atoms with Crippen molar-refractivity contribution in [1.29, 1.82) is 0 Å². The molecular formula is C12H20O2. The zero-order chi connectivity index (χ0) is 10.2. The first-order chi connectivity index (χ1) is 6.80. The van der Waals surface area contributed by atoms with Crippen LogP contribution in [0.15, 0.2) is 24.3 Å². The molecule has 0 aromatic rings. The predicted molar refractivity (Wildman–Crippen MR) is 58.0 cm³/mol. The van der Waals surface area contributed by atoms with Gasteiger partial charge in [0.1, 0.15) is 0 Å². The maximum absolute atomic E-state index is 9.55. The number of allylic oxidation sites excluding steroid dienone is 4. The zero-order valence-corrected chi connectivity index (χ0v) is 8.60. The third kappa shape index (κ3) is 4.58. The number of aliphatic hydroxyl groups is 2. The van der Waals surface area contributed by atoms with Crippen LogP contribution in [0.3, 0.4) is 0 Å². The Morgan fingerprint density at radius 2 is 1.00 bits per heavy atom. The van der Waals surface area contributed by atoms with Crippen molar-refractivity contribution in [3.63, 3.8) is 0 Å². The minimum atomic E-state index is -0.563. The van der Waals surface area contributed by atoms with Crippen molar-refractivity contribution in [2.24, 2.45) is 0 Å². The first kappa shape index (κ1) is 11.5. The summed E-state index contributed by atoms with van der Waals surface area (Å²) in [5, 5.41) is 19.1. The second kappa shape index (κ2) is 6.80. The van der Waals surface area contributed by atoms with E-state index in [0.29, 0.717) is 12.8 Å². The third-order valence-corrected chi connectivity index (χ3v) is 2.54. The van der Waals surface area contributed by atoms with Gasteiger partial charge in [0.05, 0.1) is 12.2 Å². The summed E-state index contributed by atoms with van der Waals surface area (Å²) in [7, 11) is 0. The standard InChI is InChI=1S/C12H20O2/c13-11-9-7-5-3-1-2-4-6-8-10-12(11)14/h3-6,11-14H,1-2,7-10H2/t11-,12-/m1/s1. The number of hydrogen-bond acceptors (Lipinski definition) is 2. The molecule has 0 bridgehead atoms. The summed E-state index contributed by atoms with van der Waals surface area (Å²) in [4.78, 5) is 0. The van der Waals surface area contributed by atoms with E-state index in [1.807, 2.05) is 0 Å². The Bertz CT molecular complexity index is 174. The normalized spacial score (nSPS) is 30.7. The number of hydrogen-bond donors (Lipinski definition) is 2. The molecule has 0 saturated carbocycles. The van der Waals surface area contributed by atoms with E-state index in [0.717, 1.165) is 25.7 Å². The van der Waals surface area contributed by atoms with Crippen molar-refractivity contribution in [2.45, 2.75) is 50.7 Å². The SMILES string of the molecule is O[C@@H]1CCC=CCCC=CCC[C@H]1O. The molecule has 2 heteroatoms. The Hall–Kier alpha value is -0.600. The van der Waals surface area contributed by atoms with Crippen LogP contribution in [0.4, 0.5) is 0 Å². The van der Waals surface area contributed by atoms with Crippen LogP contribution >= 0.6 is 0 Å². The predicted octanol–water partition coefficient (Wildman–Crippen LogP) is 2.17. The van der Waals surface area contributed by atoms with Crippen LogP contribution < -0.4 is 0 Å². The largest absolute Gasteiger partial charge is 0.390 e. The molecule has 2 N–H and O–H groups in total. The highest BCUT2D eigenvalue weighted by Gasteiger charge is 2.14. The lowest BCUT2D eigenvalue weighted by molar-refractivity contribution is 0.0111. The highest BCUT2D eigenvalue weighted by Crippen LogP contribution is 2.10. The van der Waals surface area contributed by atoms with Crippen LogP contribution in [-0.2, 0) is 0 Å². The van der Waals surface area contributed by atoms with Gasteiger partial charge in [0, 0.05) is 0 Å². The van der Waals surface area contributed by atoms with Crippen LogP contribution in [0, 0.1) is 0 Å². The molecule has 1 rings (SSSR count). The second-order valence-corrected chi connectivity index (χ2v) is 3.81. The Balaban J connectivity index is 2.41. The van der Waals surface area contributed by atoms with Crippen molar-refractivity contribution < 1.29 is 10.2 Å². The van der Waals surface area contributed by atoms with Gasteiger partial charge in [-0.15, -0.1) is 0 Å². The summed E-state index contributed by atoms with van der Waals surface area (Å²) in [5.41, 5.74) is 0. The van der Waals surface area contributed by atoms with Crippen molar-refractivity contribution >= 4 is 0 Å². The molecule has 0 aliphatic heterocycles. The van der Waals surface area contributed by atoms with Crippen molar-refractivity contribution in [1.82, 2.24) is 0 Å². The molecule has 0 aromatic heterocycles. The van der Waals surface area contributed by atoms with E-state index in [2.05, 4.69) is 24.3 Å². The molecule has 0 unspecified atom stereocenters. The lowest BCUT2D eigenvalue weighted by Gasteiger charge is -2.16. The minimum Gasteiger partial charge on any atom is -0.390 e. The van der Waals surface area contributed by atoms with E-state index < -0.39 is 12.2 Å². The summed E-state index contributed by atoms with van der Waals surface area (Å²) >= 11 is 0. The van der Waals surface area contributed by atoms with Gasteiger partial charge < -0.3 is 10.2 Å². The second-order valence-electron chi connectivity index (χ2n) is 3.81. The maximum atomic E-state index is 9.55. The molecule has 2 atom stereocenters. The van der Waals surface area contributed by atoms with Crippen molar-refractivity contribution in [2.75, 3.05) is 0 Å². The average Bonchev–Trinajstić information content (AvgIpc) is 2.18. The van der Waals surface area contributed by atoms with Gasteiger partial charge in [-0.3, -0.25) is 0 Å². The molecule has 80 valence electrons. The summed E-state index contributed by atoms with van der Waals surface area (Å²) in [6.07, 6.45) is 12.6. The topological polar surface area (TPSA) is 40.5 Å². The fraction of sp³-hybridized carbons (Fsp3) is 0.667. The van der Waals surface area contributed by atoms with Gasteiger partial charge >= 0.3 is 0 Å². The van der Waals surface area contributed by atoms with E-state index >= 15 is 0 Å². The maximum Gasteiger partial charge on any atom is 0.0802 e. The van der Waals surface area contributed by atoms with Gasteiger partial charge in [-0.05, 0) is 38.5 Å². The fourth-order valence-electron chi connectivity index (χ4n) is 1.58. The van der Waals surface area contributed by atoms with Crippen LogP contribution in [-0.4, -0.2) is 22.4 Å². The third-order valence-electron chi connectivity index (χ3n) is 2.54. The highest BCUT2D eigenvalue weighted by molar-refractivity contribution is 4.90. The molecule has 0 radical (unpaired) electrons. The van der Waals surface area contributed by atoms with Gasteiger partial charge in [0.2, 0.25) is 0 Å². The van der Waals surface area contributed by atoms with Crippen molar-refractivity contribution in [3.8, 4) is 0 Å². The molecule has 1 aliphatic carbocycles. The van der Waals surface area contributed by atoms with Gasteiger partial charge in [0.25, 0.3) is 0 Å². The van der Waals surface area contributed by atoms with E-state index in [4.69, 9.17) is 0 Å². The van der Waals surface area contributed by atoms with Gasteiger partial charge in [0.15, 0.2) is 0 Å². The Morgan fingerprint density at radius 1 is 0.643 bits per heavy atom. The zero-order valence-electron chi connectivity index (χ0n) is 8.60. The molecule has 0 aromatic carbocycles. The van der Waals surface area contributed by atoms with Crippen LogP contribution in [0.25, 0.3) is 0 Å².